The predicted octanol–water partition coefficient (Wildman–Crippen LogP) is 1.47. The molecule has 0 aliphatic heterocycles. The molecule has 0 unspecified atom stereocenters. The number of ketones is 1. The van der Waals surface area contributed by atoms with Gasteiger partial charge in [-0.2, -0.15) is 0 Å². The van der Waals surface area contributed by atoms with Crippen LogP contribution in [-0.2, 0) is 4.79 Å². The van der Waals surface area contributed by atoms with Gasteiger partial charge in [0.1, 0.15) is 0 Å². The van der Waals surface area contributed by atoms with Crippen LogP contribution in [0.4, 0.5) is 4.39 Å². The summed E-state index contributed by atoms with van der Waals surface area (Å²) in [6.07, 6.45) is 0. The number of carbonyl (C=O) groups excluding carboxylic acids is 2. The average Bonchev–Trinajstić information content (AvgIpc) is 2.36. The van der Waals surface area contributed by atoms with Crippen molar-refractivity contribution < 1.29 is 18.7 Å². The molecule has 0 aromatic heterocycles. The standard InChI is InChI=1S/C15H21FN2O3/c1-10(2)17-15(20)9-18(3)8-13(19)11-5-6-14(21-4)12(16)7-11/h5-7,10H,8-9H2,1-4H3,(H,17,20). The van der Waals surface area contributed by atoms with Crippen LogP contribution in [0.3, 0.4) is 0 Å². The lowest BCUT2D eigenvalue weighted by Gasteiger charge is -2.16. The molecular weight excluding hydrogens is 275 g/mol. The van der Waals surface area contributed by atoms with E-state index in [9.17, 15) is 14.0 Å². The van der Waals surface area contributed by atoms with E-state index in [1.54, 1.807) is 11.9 Å². The number of rotatable bonds is 7. The van der Waals surface area contributed by atoms with E-state index in [-0.39, 0.29) is 42.1 Å². The zero-order valence-electron chi connectivity index (χ0n) is 12.8. The highest BCUT2D eigenvalue weighted by Gasteiger charge is 2.14. The molecule has 116 valence electrons. The maximum Gasteiger partial charge on any atom is 0.234 e. The average molecular weight is 296 g/mol. The van der Waals surface area contributed by atoms with Crippen LogP contribution >= 0.6 is 0 Å². The van der Waals surface area contributed by atoms with Crippen LogP contribution in [0.25, 0.3) is 0 Å². The molecule has 0 saturated carbocycles. The van der Waals surface area contributed by atoms with Gasteiger partial charge in [-0.15, -0.1) is 0 Å². The Labute approximate surface area is 124 Å². The molecule has 1 aromatic rings. The van der Waals surface area contributed by atoms with Crippen molar-refractivity contribution in [3.63, 3.8) is 0 Å². The largest absolute Gasteiger partial charge is 0.494 e. The number of carbonyl (C=O) groups is 2. The van der Waals surface area contributed by atoms with Gasteiger partial charge in [-0.1, -0.05) is 0 Å². The molecule has 0 heterocycles. The fourth-order valence-corrected chi connectivity index (χ4v) is 1.84. The summed E-state index contributed by atoms with van der Waals surface area (Å²) in [5.41, 5.74) is 0.254. The summed E-state index contributed by atoms with van der Waals surface area (Å²) < 4.78 is 18.3. The number of likely N-dealkylation sites (N-methyl/N-ethyl adjacent to an activating group) is 1. The zero-order valence-corrected chi connectivity index (χ0v) is 12.8. The molecule has 1 rings (SSSR count). The van der Waals surface area contributed by atoms with Gasteiger partial charge in [-0.25, -0.2) is 4.39 Å². The van der Waals surface area contributed by atoms with E-state index in [0.29, 0.717) is 0 Å². The molecule has 5 nitrogen and oxygen atoms in total. The van der Waals surface area contributed by atoms with E-state index >= 15 is 0 Å². The van der Waals surface area contributed by atoms with Gasteiger partial charge in [0.2, 0.25) is 5.91 Å². The molecule has 6 heteroatoms. The van der Waals surface area contributed by atoms with E-state index in [1.165, 1.54) is 19.2 Å². The zero-order chi connectivity index (χ0) is 16.0. The number of halogens is 1. The topological polar surface area (TPSA) is 58.6 Å². The van der Waals surface area contributed by atoms with Crippen molar-refractivity contribution in [1.82, 2.24) is 10.2 Å². The van der Waals surface area contributed by atoms with Crippen LogP contribution in [0.5, 0.6) is 5.75 Å². The van der Waals surface area contributed by atoms with Crippen molar-refractivity contribution in [2.75, 3.05) is 27.2 Å². The van der Waals surface area contributed by atoms with E-state index in [0.717, 1.165) is 6.07 Å². The first kappa shape index (κ1) is 17.1. The number of amides is 1. The number of benzene rings is 1. The van der Waals surface area contributed by atoms with E-state index in [1.807, 2.05) is 13.8 Å². The Morgan fingerprint density at radius 2 is 2.00 bits per heavy atom. The van der Waals surface area contributed by atoms with Gasteiger partial charge in [0.05, 0.1) is 20.2 Å². The molecule has 0 bridgehead atoms. The highest BCUT2D eigenvalue weighted by atomic mass is 19.1. The quantitative estimate of drug-likeness (QED) is 0.774. The van der Waals surface area contributed by atoms with Crippen LogP contribution in [0.1, 0.15) is 24.2 Å². The Kier molecular flexibility index (Phi) is 6.30. The molecule has 1 aromatic carbocycles. The summed E-state index contributed by atoms with van der Waals surface area (Å²) in [5.74, 6) is -0.891. The number of methoxy groups -OCH3 is 1. The van der Waals surface area contributed by atoms with Crippen LogP contribution in [0.2, 0.25) is 0 Å². The number of hydrogen-bond acceptors (Lipinski definition) is 4. The van der Waals surface area contributed by atoms with Crippen molar-refractivity contribution in [2.24, 2.45) is 0 Å². The van der Waals surface area contributed by atoms with E-state index < -0.39 is 5.82 Å². The van der Waals surface area contributed by atoms with Crippen molar-refractivity contribution in [1.29, 1.82) is 0 Å². The van der Waals surface area contributed by atoms with Gasteiger partial charge in [-0.3, -0.25) is 14.5 Å². The summed E-state index contributed by atoms with van der Waals surface area (Å²) in [6, 6.07) is 4.11. The molecular formula is C15H21FN2O3. The number of Topliss-reactive ketones (excluding diaryl/α,β-unsaturated/α-hetero) is 1. The first-order chi connectivity index (χ1) is 9.83. The molecule has 0 atom stereocenters. The van der Waals surface area contributed by atoms with Crippen LogP contribution in [-0.4, -0.2) is 49.9 Å². The van der Waals surface area contributed by atoms with Gasteiger partial charge in [0.25, 0.3) is 0 Å². The minimum absolute atomic E-state index is 0.0390. The third kappa shape index (κ3) is 5.51. The smallest absolute Gasteiger partial charge is 0.234 e. The summed E-state index contributed by atoms with van der Waals surface area (Å²) >= 11 is 0. The van der Waals surface area contributed by atoms with E-state index in [2.05, 4.69) is 5.32 Å². The second kappa shape index (κ2) is 7.73. The van der Waals surface area contributed by atoms with Crippen molar-refractivity contribution in [3.8, 4) is 5.75 Å². The third-order valence-corrected chi connectivity index (χ3v) is 2.75. The Bertz CT molecular complexity index is 518. The lowest BCUT2D eigenvalue weighted by atomic mass is 10.1. The number of nitrogens with zero attached hydrogens (tertiary/aromatic N) is 1. The molecule has 0 saturated heterocycles. The van der Waals surface area contributed by atoms with Crippen LogP contribution < -0.4 is 10.1 Å². The second-order valence-electron chi connectivity index (χ2n) is 5.17. The first-order valence-corrected chi connectivity index (χ1v) is 6.68. The molecule has 0 aliphatic rings. The minimum atomic E-state index is -0.580. The summed E-state index contributed by atoms with van der Waals surface area (Å²) in [7, 11) is 3.03. The fourth-order valence-electron chi connectivity index (χ4n) is 1.84. The van der Waals surface area contributed by atoms with E-state index in [4.69, 9.17) is 4.74 Å². The summed E-state index contributed by atoms with van der Waals surface area (Å²) in [6.45, 7) is 3.88. The maximum atomic E-state index is 13.5. The molecule has 0 radical (unpaired) electrons. The second-order valence-corrected chi connectivity index (χ2v) is 5.17. The number of hydrogen-bond donors (Lipinski definition) is 1. The van der Waals surface area contributed by atoms with Gasteiger partial charge in [0.15, 0.2) is 17.3 Å². The molecule has 0 fully saturated rings. The Hall–Kier alpha value is -1.95. The fraction of sp³-hybridized carbons (Fsp3) is 0.467. The number of ether oxygens (including phenoxy) is 1. The first-order valence-electron chi connectivity index (χ1n) is 6.68. The third-order valence-electron chi connectivity index (χ3n) is 2.75. The minimum Gasteiger partial charge on any atom is -0.494 e. The summed E-state index contributed by atoms with van der Waals surface area (Å²) in [4.78, 5) is 25.2. The highest BCUT2D eigenvalue weighted by Crippen LogP contribution is 2.18. The van der Waals surface area contributed by atoms with Gasteiger partial charge < -0.3 is 10.1 Å². The van der Waals surface area contributed by atoms with Crippen LogP contribution in [0, 0.1) is 5.82 Å². The number of nitrogens with one attached hydrogen (secondary N) is 1. The lowest BCUT2D eigenvalue weighted by molar-refractivity contribution is -0.122. The predicted molar refractivity (Wildman–Crippen MR) is 78.1 cm³/mol. The van der Waals surface area contributed by atoms with Crippen molar-refractivity contribution >= 4 is 11.7 Å². The Morgan fingerprint density at radius 3 is 2.52 bits per heavy atom. The Morgan fingerprint density at radius 1 is 1.33 bits per heavy atom. The van der Waals surface area contributed by atoms with Gasteiger partial charge in [0, 0.05) is 11.6 Å². The SMILES string of the molecule is COc1ccc(C(=O)CN(C)CC(=O)NC(C)C)cc1F. The van der Waals surface area contributed by atoms with Gasteiger partial charge in [-0.05, 0) is 39.1 Å². The highest BCUT2D eigenvalue weighted by molar-refractivity contribution is 5.98. The molecule has 0 spiro atoms. The Balaban J connectivity index is 2.60. The van der Waals surface area contributed by atoms with Crippen molar-refractivity contribution in [2.45, 2.75) is 19.9 Å². The van der Waals surface area contributed by atoms with Gasteiger partial charge >= 0.3 is 0 Å². The monoisotopic (exact) mass is 296 g/mol. The molecule has 0 aliphatic carbocycles. The van der Waals surface area contributed by atoms with Crippen molar-refractivity contribution in [3.05, 3.63) is 29.6 Å². The lowest BCUT2D eigenvalue weighted by Crippen LogP contribution is -2.40. The molecule has 1 amide bonds. The molecule has 1 N–H and O–H groups in total. The van der Waals surface area contributed by atoms with Crippen LogP contribution in [0.15, 0.2) is 18.2 Å². The normalized spacial score (nSPS) is 10.8. The summed E-state index contributed by atoms with van der Waals surface area (Å²) in [5, 5.41) is 2.74. The molecule has 21 heavy (non-hydrogen) atoms. The maximum absolute atomic E-state index is 13.5.